The molecular weight excluding hydrogens is 306 g/mol. The summed E-state index contributed by atoms with van der Waals surface area (Å²) in [7, 11) is 3.40. The quantitative estimate of drug-likeness (QED) is 0.702. The summed E-state index contributed by atoms with van der Waals surface area (Å²) in [6, 6.07) is 10.4. The first kappa shape index (κ1) is 16.2. The fraction of sp³-hybridized carbons (Fsp3) is 0.353. The molecule has 0 saturated heterocycles. The third-order valence-corrected chi connectivity index (χ3v) is 4.40. The third kappa shape index (κ3) is 2.78. The molecule has 0 fully saturated rings. The number of aryl methyl sites for hydroxylation is 2. The van der Waals surface area contributed by atoms with E-state index in [4.69, 9.17) is 0 Å². The lowest BCUT2D eigenvalue weighted by Crippen LogP contribution is -2.85. The lowest BCUT2D eigenvalue weighted by atomic mass is 10.1. The average molecular weight is 328 g/mol. The molecule has 1 atom stereocenters. The van der Waals surface area contributed by atoms with Gasteiger partial charge in [-0.1, -0.05) is 30.3 Å². The maximum absolute atomic E-state index is 12.6. The van der Waals surface area contributed by atoms with Gasteiger partial charge in [-0.25, -0.2) is 9.78 Å². The largest absolute Gasteiger partial charge is 0.339 e. The van der Waals surface area contributed by atoms with Gasteiger partial charge in [0.25, 0.3) is 5.56 Å². The van der Waals surface area contributed by atoms with Crippen LogP contribution in [-0.2, 0) is 20.6 Å². The predicted octanol–water partition coefficient (Wildman–Crippen LogP) is -0.242. The number of nitrogens with zero attached hydrogens (tertiary/aromatic N) is 4. The molecule has 2 N–H and O–H groups in total. The highest BCUT2D eigenvalue weighted by Gasteiger charge is 2.15. The normalized spacial score (nSPS) is 12.6. The molecule has 3 rings (SSSR count). The van der Waals surface area contributed by atoms with Crippen LogP contribution < -0.4 is 16.6 Å². The molecule has 7 heteroatoms. The molecule has 0 saturated carbocycles. The van der Waals surface area contributed by atoms with Crippen molar-refractivity contribution in [2.45, 2.75) is 19.5 Å². The van der Waals surface area contributed by atoms with E-state index >= 15 is 0 Å². The van der Waals surface area contributed by atoms with Gasteiger partial charge < -0.3 is 9.88 Å². The van der Waals surface area contributed by atoms with Crippen LogP contribution in [0.1, 0.15) is 18.5 Å². The van der Waals surface area contributed by atoms with E-state index in [9.17, 15) is 9.59 Å². The molecule has 2 heterocycles. The first-order valence-electron chi connectivity index (χ1n) is 8.00. The Morgan fingerprint density at radius 2 is 1.88 bits per heavy atom. The van der Waals surface area contributed by atoms with Crippen LogP contribution >= 0.6 is 0 Å². The van der Waals surface area contributed by atoms with E-state index in [0.29, 0.717) is 24.3 Å². The van der Waals surface area contributed by atoms with Crippen molar-refractivity contribution in [3.05, 3.63) is 63.1 Å². The smallest absolute Gasteiger partial charge is 0.332 e. The van der Waals surface area contributed by atoms with E-state index in [1.54, 1.807) is 25.0 Å². The standard InChI is InChI=1S/C17H21N5O2/c1-12(13-7-5-4-6-8-13)18-9-10-22-16(23)14-15(19-11-20(14)2)21(3)17(22)24/h4-8,11-12,18H,9-10H2,1-3H3/p+1/t12-/m0/s1. The molecule has 126 valence electrons. The molecule has 7 nitrogen and oxygen atoms in total. The van der Waals surface area contributed by atoms with Crippen LogP contribution in [0.15, 0.2) is 46.2 Å². The van der Waals surface area contributed by atoms with Crippen LogP contribution in [0.3, 0.4) is 0 Å². The van der Waals surface area contributed by atoms with E-state index in [2.05, 4.69) is 29.4 Å². The number of benzene rings is 1. The molecule has 0 aliphatic carbocycles. The zero-order chi connectivity index (χ0) is 17.3. The number of aromatic nitrogens is 4. The van der Waals surface area contributed by atoms with Crippen molar-refractivity contribution in [1.29, 1.82) is 0 Å². The minimum absolute atomic E-state index is 0.270. The van der Waals surface area contributed by atoms with Crippen molar-refractivity contribution >= 4 is 11.2 Å². The third-order valence-electron chi connectivity index (χ3n) is 4.40. The summed E-state index contributed by atoms with van der Waals surface area (Å²) in [6.07, 6.45) is 1.56. The Morgan fingerprint density at radius 3 is 2.58 bits per heavy atom. The van der Waals surface area contributed by atoms with Gasteiger partial charge in [0.2, 0.25) is 0 Å². The first-order chi connectivity index (χ1) is 11.5. The van der Waals surface area contributed by atoms with Crippen molar-refractivity contribution in [3.63, 3.8) is 0 Å². The van der Waals surface area contributed by atoms with Crippen molar-refractivity contribution < 1.29 is 5.32 Å². The highest BCUT2D eigenvalue weighted by atomic mass is 16.2. The van der Waals surface area contributed by atoms with Gasteiger partial charge >= 0.3 is 5.69 Å². The molecule has 0 spiro atoms. The Morgan fingerprint density at radius 1 is 1.17 bits per heavy atom. The maximum atomic E-state index is 12.6. The molecule has 0 bridgehead atoms. The highest BCUT2D eigenvalue weighted by molar-refractivity contribution is 5.69. The number of hydrogen-bond acceptors (Lipinski definition) is 3. The molecule has 24 heavy (non-hydrogen) atoms. The molecule has 2 aromatic heterocycles. The average Bonchev–Trinajstić information content (AvgIpc) is 2.98. The summed E-state index contributed by atoms with van der Waals surface area (Å²) in [5.41, 5.74) is 1.49. The Kier molecular flexibility index (Phi) is 4.35. The second kappa shape index (κ2) is 6.45. The number of nitrogens with two attached hydrogens (primary N) is 1. The summed E-state index contributed by atoms with van der Waals surface area (Å²) < 4.78 is 4.37. The molecule has 0 aliphatic heterocycles. The van der Waals surface area contributed by atoms with Gasteiger partial charge in [-0.3, -0.25) is 13.9 Å². The fourth-order valence-corrected chi connectivity index (χ4v) is 2.94. The van der Waals surface area contributed by atoms with Crippen LogP contribution in [0.5, 0.6) is 0 Å². The molecule has 0 aliphatic rings. The summed E-state index contributed by atoms with van der Waals surface area (Å²) in [5, 5.41) is 2.13. The van der Waals surface area contributed by atoms with Crippen molar-refractivity contribution in [1.82, 2.24) is 18.7 Å². The van der Waals surface area contributed by atoms with Gasteiger partial charge in [0.15, 0.2) is 11.2 Å². The van der Waals surface area contributed by atoms with Crippen molar-refractivity contribution in [2.75, 3.05) is 6.54 Å². The van der Waals surface area contributed by atoms with Gasteiger partial charge in [0, 0.05) is 19.7 Å². The molecule has 0 radical (unpaired) electrons. The zero-order valence-electron chi connectivity index (χ0n) is 14.1. The van der Waals surface area contributed by atoms with Gasteiger partial charge in [-0.2, -0.15) is 0 Å². The summed E-state index contributed by atoms with van der Waals surface area (Å²) >= 11 is 0. The van der Waals surface area contributed by atoms with E-state index < -0.39 is 0 Å². The van der Waals surface area contributed by atoms with Crippen LogP contribution in [0.2, 0.25) is 0 Å². The van der Waals surface area contributed by atoms with E-state index in [-0.39, 0.29) is 17.3 Å². The van der Waals surface area contributed by atoms with E-state index in [1.807, 2.05) is 18.2 Å². The lowest BCUT2D eigenvalue weighted by molar-refractivity contribution is -0.693. The molecular formula is C17H22N5O2+. The van der Waals surface area contributed by atoms with Gasteiger partial charge in [-0.15, -0.1) is 0 Å². The molecule has 0 unspecified atom stereocenters. The lowest BCUT2D eigenvalue weighted by Gasteiger charge is -2.12. The van der Waals surface area contributed by atoms with Crippen LogP contribution in [-0.4, -0.2) is 25.2 Å². The van der Waals surface area contributed by atoms with Crippen molar-refractivity contribution in [3.8, 4) is 0 Å². The topological polar surface area (TPSA) is 78.4 Å². The number of fused-ring (bicyclic) bond motifs is 1. The molecule has 3 aromatic rings. The van der Waals surface area contributed by atoms with Crippen LogP contribution in [0.25, 0.3) is 11.2 Å². The fourth-order valence-electron chi connectivity index (χ4n) is 2.94. The number of rotatable bonds is 5. The van der Waals surface area contributed by atoms with Gasteiger partial charge in [0.1, 0.15) is 6.04 Å². The Balaban J connectivity index is 1.82. The monoisotopic (exact) mass is 328 g/mol. The Labute approximate surface area is 139 Å². The predicted molar refractivity (Wildman–Crippen MR) is 91.9 cm³/mol. The van der Waals surface area contributed by atoms with Gasteiger partial charge in [-0.05, 0) is 6.92 Å². The number of quaternary nitrogens is 1. The van der Waals surface area contributed by atoms with E-state index in [0.717, 1.165) is 0 Å². The van der Waals surface area contributed by atoms with Crippen LogP contribution in [0.4, 0.5) is 0 Å². The highest BCUT2D eigenvalue weighted by Crippen LogP contribution is 2.06. The second-order valence-corrected chi connectivity index (χ2v) is 6.05. The maximum Gasteiger partial charge on any atom is 0.332 e. The summed E-state index contributed by atoms with van der Waals surface area (Å²) in [6.45, 7) is 3.12. The minimum atomic E-state index is -0.327. The second-order valence-electron chi connectivity index (χ2n) is 6.05. The van der Waals surface area contributed by atoms with Gasteiger partial charge in [0.05, 0.1) is 19.4 Å². The molecule has 1 aromatic carbocycles. The zero-order valence-corrected chi connectivity index (χ0v) is 14.1. The molecule has 0 amide bonds. The van der Waals surface area contributed by atoms with Crippen LogP contribution in [0, 0.1) is 0 Å². The summed E-state index contributed by atoms with van der Waals surface area (Å²) in [5.74, 6) is 0. The van der Waals surface area contributed by atoms with Crippen molar-refractivity contribution in [2.24, 2.45) is 14.1 Å². The van der Waals surface area contributed by atoms with E-state index in [1.165, 1.54) is 14.7 Å². The Hall–Kier alpha value is -2.67. The Bertz CT molecular complexity index is 968. The number of imidazole rings is 1. The summed E-state index contributed by atoms with van der Waals surface area (Å²) in [4.78, 5) is 29.2. The number of hydrogen-bond donors (Lipinski definition) is 1. The minimum Gasteiger partial charge on any atom is -0.339 e. The SMILES string of the molecule is C[C@H]([NH2+]CCn1c(=O)c2c(ncn2C)n(C)c1=O)c1ccccc1. The first-order valence-corrected chi connectivity index (χ1v) is 8.00.